The molecule has 0 bridgehead atoms. The van der Waals surface area contributed by atoms with Crippen molar-refractivity contribution in [3.05, 3.63) is 22.1 Å². The molecule has 0 atom stereocenters. The molecule has 0 unspecified atom stereocenters. The number of rotatable bonds is 7. The van der Waals surface area contributed by atoms with Crippen molar-refractivity contribution in [1.29, 1.82) is 0 Å². The fraction of sp³-hybridized carbons (Fsp3) is 0.619. The van der Waals surface area contributed by atoms with Gasteiger partial charge in [0.2, 0.25) is 24.7 Å². The third-order valence-corrected chi connectivity index (χ3v) is 7.16. The van der Waals surface area contributed by atoms with E-state index in [1.807, 2.05) is 69.2 Å². The summed E-state index contributed by atoms with van der Waals surface area (Å²) in [4.78, 5) is 26.4. The summed E-state index contributed by atoms with van der Waals surface area (Å²) >= 11 is 3.17. The number of carbonyl (C=O) groups is 2. The van der Waals surface area contributed by atoms with Crippen molar-refractivity contribution < 1.29 is 57.8 Å². The molecule has 5 nitrogen and oxygen atoms in total. The maximum absolute atomic E-state index is 12.7. The van der Waals surface area contributed by atoms with Gasteiger partial charge in [-0.3, -0.25) is 9.59 Å². The highest BCUT2D eigenvalue weighted by atomic mass is 79.9. The van der Waals surface area contributed by atoms with Crippen LogP contribution in [0.4, 0.5) is 0 Å². The van der Waals surface area contributed by atoms with Crippen LogP contribution in [0.2, 0.25) is 0 Å². The Balaban J connectivity index is 0.00000420. The first kappa shape index (κ1) is 29.5. The standard InChI is InChI=1S/C21H32N2O3S2.2BrH/c1-14-15(8-10-24)28-19(23(14)13-17(26)21(5,6)7)18-22(9-11-27-18)12-16(25)20(2,3)4;;/h9,11,24H,8,10,12-13H2,1-7H3;2*1H/q+2;;/p-2. The molecule has 2 aromatic rings. The Bertz CT molecular complexity index is 878. The number of hydrogen-bond acceptors (Lipinski definition) is 5. The fourth-order valence-corrected chi connectivity index (χ4v) is 4.88. The summed E-state index contributed by atoms with van der Waals surface area (Å²) in [5.74, 6) is 0.322. The first-order valence-corrected chi connectivity index (χ1v) is 11.2. The summed E-state index contributed by atoms with van der Waals surface area (Å²) in [7, 11) is 0. The molecule has 9 heteroatoms. The number of aliphatic hydroxyl groups excluding tert-OH is 1. The lowest BCUT2D eigenvalue weighted by molar-refractivity contribution is -0.700. The zero-order chi connectivity index (χ0) is 21.3. The molecular weight excluding hydrogens is 552 g/mol. The summed E-state index contributed by atoms with van der Waals surface area (Å²) in [6.45, 7) is 14.2. The van der Waals surface area contributed by atoms with Gasteiger partial charge in [0.25, 0.3) is 0 Å². The van der Waals surface area contributed by atoms with Crippen molar-refractivity contribution in [2.45, 2.75) is 68.0 Å². The largest absolute Gasteiger partial charge is 1.00 e. The molecule has 2 heterocycles. The SMILES string of the molecule is Cc1c(CCO)sc(-c2scc[n+]2CC(=O)C(C)(C)C)[n+]1CC(=O)C(C)(C)C.[Br-].[Br-]. The van der Waals surface area contributed by atoms with E-state index in [0.717, 1.165) is 20.6 Å². The minimum Gasteiger partial charge on any atom is -1.00 e. The second-order valence-electron chi connectivity index (χ2n) is 9.16. The molecule has 0 aromatic carbocycles. The average Bonchev–Trinajstić information content (AvgIpc) is 3.12. The highest BCUT2D eigenvalue weighted by molar-refractivity contribution is 7.20. The third-order valence-electron chi connectivity index (χ3n) is 4.77. The van der Waals surface area contributed by atoms with E-state index in [0.29, 0.717) is 13.0 Å². The van der Waals surface area contributed by atoms with Crippen molar-refractivity contribution in [1.82, 2.24) is 0 Å². The summed E-state index contributed by atoms with van der Waals surface area (Å²) in [5.41, 5.74) is 0.176. The van der Waals surface area contributed by atoms with Crippen LogP contribution in [0.25, 0.3) is 10.0 Å². The van der Waals surface area contributed by atoms with Crippen molar-refractivity contribution in [3.8, 4) is 10.0 Å². The number of aromatic nitrogens is 2. The van der Waals surface area contributed by atoms with Crippen molar-refractivity contribution in [3.63, 3.8) is 0 Å². The first-order valence-electron chi connectivity index (χ1n) is 9.53. The Morgan fingerprint density at radius 2 is 1.50 bits per heavy atom. The Hall–Kier alpha value is -0.480. The highest BCUT2D eigenvalue weighted by Gasteiger charge is 2.37. The predicted molar refractivity (Wildman–Crippen MR) is 112 cm³/mol. The van der Waals surface area contributed by atoms with Crippen LogP contribution in [0.15, 0.2) is 11.6 Å². The van der Waals surface area contributed by atoms with Crippen molar-refractivity contribution >= 4 is 34.2 Å². The maximum atomic E-state index is 12.7. The number of halogens is 2. The summed E-state index contributed by atoms with van der Waals surface area (Å²) in [5, 5.41) is 13.3. The Morgan fingerprint density at radius 3 is 2.00 bits per heavy atom. The molecule has 0 saturated heterocycles. The average molecular weight is 584 g/mol. The summed E-state index contributed by atoms with van der Waals surface area (Å²) in [6.07, 6.45) is 2.49. The number of Topliss-reactive ketones (excluding diaryl/α,β-unsaturated/α-hetero) is 2. The summed E-state index contributed by atoms with van der Waals surface area (Å²) in [6, 6.07) is 0. The van der Waals surface area contributed by atoms with Crippen molar-refractivity contribution in [2.24, 2.45) is 10.8 Å². The molecule has 0 aliphatic rings. The van der Waals surface area contributed by atoms with Gasteiger partial charge in [0, 0.05) is 30.8 Å². The molecule has 0 fully saturated rings. The molecule has 30 heavy (non-hydrogen) atoms. The minimum absolute atomic E-state index is 0. The van der Waals surface area contributed by atoms with E-state index in [2.05, 4.69) is 0 Å². The second kappa shape index (κ2) is 11.4. The van der Waals surface area contributed by atoms with Crippen LogP contribution in [0.1, 0.15) is 52.1 Å². The molecule has 2 rings (SSSR count). The zero-order valence-electron chi connectivity index (χ0n) is 18.7. The molecule has 1 N–H and O–H groups in total. The van der Waals surface area contributed by atoms with Crippen LogP contribution < -0.4 is 43.1 Å². The van der Waals surface area contributed by atoms with E-state index in [-0.39, 0.29) is 58.7 Å². The normalized spacial score (nSPS) is 11.6. The van der Waals surface area contributed by atoms with Gasteiger partial charge in [0.1, 0.15) is 0 Å². The maximum Gasteiger partial charge on any atom is 0.346 e. The van der Waals surface area contributed by atoms with E-state index >= 15 is 0 Å². The molecular formula is C21H32Br2N2O3S2. The Kier molecular flexibility index (Phi) is 11.2. The van der Waals surface area contributed by atoms with Gasteiger partial charge in [0.05, 0.1) is 10.3 Å². The van der Waals surface area contributed by atoms with Gasteiger partial charge < -0.3 is 39.1 Å². The number of nitrogens with zero attached hydrogens (tertiary/aromatic N) is 2. The molecule has 0 aliphatic carbocycles. The van der Waals surface area contributed by atoms with Gasteiger partial charge in [-0.25, -0.2) is 0 Å². The zero-order valence-corrected chi connectivity index (χ0v) is 23.5. The first-order chi connectivity index (χ1) is 12.9. The molecule has 0 spiro atoms. The van der Waals surface area contributed by atoms with E-state index in [1.54, 1.807) is 22.7 Å². The van der Waals surface area contributed by atoms with Gasteiger partial charge in [-0.15, -0.1) is 0 Å². The van der Waals surface area contributed by atoms with Crippen LogP contribution >= 0.6 is 22.7 Å². The van der Waals surface area contributed by atoms with Gasteiger partial charge >= 0.3 is 10.0 Å². The van der Waals surface area contributed by atoms with Crippen LogP contribution in [0, 0.1) is 17.8 Å². The number of thiazole rings is 2. The molecule has 0 aliphatic heterocycles. The predicted octanol–water partition coefficient (Wildman–Crippen LogP) is -2.87. The molecule has 2 aromatic heterocycles. The van der Waals surface area contributed by atoms with Crippen LogP contribution in [0.5, 0.6) is 0 Å². The van der Waals surface area contributed by atoms with Crippen LogP contribution in [-0.4, -0.2) is 23.3 Å². The topological polar surface area (TPSA) is 62.1 Å². The smallest absolute Gasteiger partial charge is 0.346 e. The van der Waals surface area contributed by atoms with E-state index < -0.39 is 10.8 Å². The lowest BCUT2D eigenvalue weighted by Gasteiger charge is -2.14. The highest BCUT2D eigenvalue weighted by Crippen LogP contribution is 2.29. The minimum atomic E-state index is -0.427. The quantitative estimate of drug-likeness (QED) is 0.357. The fourth-order valence-electron chi connectivity index (χ4n) is 2.61. The lowest BCUT2D eigenvalue weighted by Crippen LogP contribution is -3.00. The molecule has 0 saturated carbocycles. The van der Waals surface area contributed by atoms with E-state index in [1.165, 1.54) is 0 Å². The number of aliphatic hydroxyl groups is 1. The lowest BCUT2D eigenvalue weighted by atomic mass is 9.90. The second-order valence-corrected chi connectivity index (χ2v) is 11.1. The van der Waals surface area contributed by atoms with Gasteiger partial charge in [-0.1, -0.05) is 64.2 Å². The van der Waals surface area contributed by atoms with Gasteiger partial charge in [-0.2, -0.15) is 9.13 Å². The van der Waals surface area contributed by atoms with Crippen molar-refractivity contribution in [2.75, 3.05) is 6.61 Å². The van der Waals surface area contributed by atoms with Gasteiger partial charge in [0.15, 0.2) is 11.9 Å². The van der Waals surface area contributed by atoms with Crippen LogP contribution in [-0.2, 0) is 29.1 Å². The number of ketones is 2. The Morgan fingerprint density at radius 1 is 0.967 bits per heavy atom. The monoisotopic (exact) mass is 582 g/mol. The number of hydrogen-bond donors (Lipinski definition) is 1. The molecule has 0 amide bonds. The third kappa shape index (κ3) is 7.02. The molecule has 170 valence electrons. The van der Waals surface area contributed by atoms with E-state index in [9.17, 15) is 14.7 Å². The van der Waals surface area contributed by atoms with E-state index in [4.69, 9.17) is 0 Å². The molecule has 0 radical (unpaired) electrons. The number of carbonyl (C=O) groups excluding carboxylic acids is 2. The summed E-state index contributed by atoms with van der Waals surface area (Å²) < 4.78 is 4.03. The van der Waals surface area contributed by atoms with Crippen LogP contribution in [0.3, 0.4) is 0 Å². The Labute approximate surface area is 208 Å². The van der Waals surface area contributed by atoms with Gasteiger partial charge in [-0.05, 0) is 0 Å².